The maximum atomic E-state index is 13.0. The summed E-state index contributed by atoms with van der Waals surface area (Å²) < 4.78 is 20.9. The molecule has 0 bridgehead atoms. The lowest BCUT2D eigenvalue weighted by Crippen LogP contribution is -2.38. The Morgan fingerprint density at radius 2 is 1.81 bits per heavy atom. The van der Waals surface area contributed by atoms with Crippen molar-refractivity contribution in [2.45, 2.75) is 6.92 Å². The average Bonchev–Trinajstić information content (AvgIpc) is 2.77. The third kappa shape index (κ3) is 6.56. The van der Waals surface area contributed by atoms with E-state index < -0.39 is 16.8 Å². The Labute approximate surface area is 189 Å². The number of hydrogen-bond acceptors (Lipinski definition) is 8. The van der Waals surface area contributed by atoms with Gasteiger partial charge in [0.05, 0.1) is 25.2 Å². The van der Waals surface area contributed by atoms with Crippen molar-refractivity contribution in [2.75, 3.05) is 40.5 Å². The van der Waals surface area contributed by atoms with Gasteiger partial charge in [-0.25, -0.2) is 0 Å². The fraction of sp³-hybridized carbons (Fsp3) is 0.333. The molecule has 0 saturated heterocycles. The molecule has 0 fully saturated rings. The molecule has 0 unspecified atom stereocenters. The zero-order chi connectivity index (χ0) is 23.7. The number of carbonyl (C=O) groups excluding carboxylic acids is 2. The van der Waals surface area contributed by atoms with Gasteiger partial charge in [-0.3, -0.25) is 19.7 Å². The second-order valence-corrected chi connectivity index (χ2v) is 6.80. The number of ether oxygens (including phenoxy) is 4. The number of halogens is 1. The molecule has 10 nitrogen and oxygen atoms in total. The summed E-state index contributed by atoms with van der Waals surface area (Å²) in [5.41, 5.74) is -0.0971. The third-order valence-corrected chi connectivity index (χ3v) is 4.46. The Bertz CT molecular complexity index is 982. The first-order valence-corrected chi connectivity index (χ1v) is 9.92. The van der Waals surface area contributed by atoms with Crippen LogP contribution in [0.1, 0.15) is 17.3 Å². The number of rotatable bonds is 11. The molecule has 32 heavy (non-hydrogen) atoms. The van der Waals surface area contributed by atoms with Crippen molar-refractivity contribution in [1.29, 1.82) is 0 Å². The van der Waals surface area contributed by atoms with Crippen molar-refractivity contribution in [2.24, 2.45) is 0 Å². The first-order chi connectivity index (χ1) is 15.3. The van der Waals surface area contributed by atoms with Crippen molar-refractivity contribution in [1.82, 2.24) is 4.90 Å². The predicted octanol–water partition coefficient (Wildman–Crippen LogP) is 3.70. The smallest absolute Gasteiger partial charge is 0.325 e. The normalized spacial score (nSPS) is 10.4. The molecule has 0 heterocycles. The summed E-state index contributed by atoms with van der Waals surface area (Å²) in [6, 6.07) is 8.33. The Morgan fingerprint density at radius 3 is 2.44 bits per heavy atom. The lowest BCUT2D eigenvalue weighted by atomic mass is 10.1. The van der Waals surface area contributed by atoms with Gasteiger partial charge in [-0.05, 0) is 37.3 Å². The van der Waals surface area contributed by atoms with E-state index in [0.717, 1.165) is 0 Å². The van der Waals surface area contributed by atoms with Crippen LogP contribution in [0.25, 0.3) is 0 Å². The number of esters is 1. The minimum atomic E-state index is -0.616. The van der Waals surface area contributed by atoms with Gasteiger partial charge in [0.15, 0.2) is 11.5 Å². The van der Waals surface area contributed by atoms with Gasteiger partial charge < -0.3 is 23.8 Å². The predicted molar refractivity (Wildman–Crippen MR) is 116 cm³/mol. The van der Waals surface area contributed by atoms with Crippen LogP contribution in [0.3, 0.4) is 0 Å². The van der Waals surface area contributed by atoms with Crippen LogP contribution in [0.4, 0.5) is 5.69 Å². The fourth-order valence-corrected chi connectivity index (χ4v) is 2.89. The average molecular weight is 467 g/mol. The summed E-state index contributed by atoms with van der Waals surface area (Å²) in [7, 11) is 2.85. The van der Waals surface area contributed by atoms with Crippen molar-refractivity contribution < 1.29 is 33.5 Å². The molecule has 2 aromatic carbocycles. The van der Waals surface area contributed by atoms with E-state index in [4.69, 9.17) is 30.5 Å². The highest BCUT2D eigenvalue weighted by Gasteiger charge is 2.22. The number of nitrogens with zero attached hydrogens (tertiary/aromatic N) is 2. The molecule has 11 heteroatoms. The molecule has 2 aromatic rings. The van der Waals surface area contributed by atoms with E-state index in [2.05, 4.69) is 0 Å². The molecule has 0 saturated carbocycles. The van der Waals surface area contributed by atoms with E-state index in [0.29, 0.717) is 0 Å². The molecule has 172 valence electrons. The molecular formula is C21H23ClN2O8. The summed E-state index contributed by atoms with van der Waals surface area (Å²) in [5.74, 6) is -0.705. The van der Waals surface area contributed by atoms with Crippen molar-refractivity contribution >= 4 is 29.2 Å². The van der Waals surface area contributed by atoms with Gasteiger partial charge >= 0.3 is 11.7 Å². The van der Waals surface area contributed by atoms with Gasteiger partial charge in [-0.2, -0.15) is 0 Å². The zero-order valence-electron chi connectivity index (χ0n) is 17.8. The van der Waals surface area contributed by atoms with Crippen LogP contribution in [0.15, 0.2) is 36.4 Å². The molecular weight excluding hydrogens is 444 g/mol. The van der Waals surface area contributed by atoms with Crippen LogP contribution in [-0.4, -0.2) is 62.2 Å². The summed E-state index contributed by atoms with van der Waals surface area (Å²) >= 11 is 5.83. The van der Waals surface area contributed by atoms with Crippen LogP contribution in [0.5, 0.6) is 17.2 Å². The van der Waals surface area contributed by atoms with E-state index in [1.807, 2.05) is 0 Å². The third-order valence-electron chi connectivity index (χ3n) is 4.23. The maximum Gasteiger partial charge on any atom is 0.325 e. The second kappa shape index (κ2) is 11.9. The topological polar surface area (TPSA) is 117 Å². The lowest BCUT2D eigenvalue weighted by Gasteiger charge is -2.22. The maximum absolute atomic E-state index is 13.0. The van der Waals surface area contributed by atoms with E-state index >= 15 is 0 Å². The highest BCUT2D eigenvalue weighted by Crippen LogP contribution is 2.38. The highest BCUT2D eigenvalue weighted by molar-refractivity contribution is 6.30. The number of nitro groups is 1. The number of benzene rings is 2. The molecule has 0 aliphatic heterocycles. The van der Waals surface area contributed by atoms with E-state index in [1.165, 1.54) is 55.5 Å². The molecule has 0 N–H and O–H groups in total. The van der Waals surface area contributed by atoms with E-state index in [-0.39, 0.29) is 59.8 Å². The van der Waals surface area contributed by atoms with Gasteiger partial charge in [-0.15, -0.1) is 0 Å². The molecule has 0 aliphatic rings. The number of amides is 1. The fourth-order valence-electron chi connectivity index (χ4n) is 2.72. The number of hydrogen-bond donors (Lipinski definition) is 0. The second-order valence-electron chi connectivity index (χ2n) is 6.36. The largest absolute Gasteiger partial charge is 0.493 e. The van der Waals surface area contributed by atoms with Gasteiger partial charge in [0.1, 0.15) is 6.54 Å². The zero-order valence-corrected chi connectivity index (χ0v) is 18.6. The SMILES string of the molecule is CCOC(=O)CN(CCOC)C(=O)c1ccc(Oc2ccc(Cl)cc2[N+](=O)[O-])c(OC)c1. The Hall–Kier alpha value is -3.37. The van der Waals surface area contributed by atoms with Crippen LogP contribution >= 0.6 is 11.6 Å². The van der Waals surface area contributed by atoms with Gasteiger partial charge in [-0.1, -0.05) is 11.6 Å². The van der Waals surface area contributed by atoms with Crippen LogP contribution in [-0.2, 0) is 14.3 Å². The summed E-state index contributed by atoms with van der Waals surface area (Å²) in [5, 5.41) is 11.5. The summed E-state index contributed by atoms with van der Waals surface area (Å²) in [6.45, 7) is 2.03. The number of methoxy groups -OCH3 is 2. The Kier molecular flexibility index (Phi) is 9.23. The van der Waals surface area contributed by atoms with Crippen molar-refractivity contribution in [3.63, 3.8) is 0 Å². The molecule has 0 aliphatic carbocycles. The molecule has 0 radical (unpaired) electrons. The minimum Gasteiger partial charge on any atom is -0.493 e. The monoisotopic (exact) mass is 466 g/mol. The highest BCUT2D eigenvalue weighted by atomic mass is 35.5. The standard InChI is InChI=1S/C21H23ClN2O8/c1-4-31-20(25)13-23(9-10-29-2)21(26)14-5-7-18(19(11-14)30-3)32-17-8-6-15(22)12-16(17)24(27)28/h5-8,11-12H,4,9-10,13H2,1-3H3. The summed E-state index contributed by atoms with van der Waals surface area (Å²) in [6.07, 6.45) is 0. The molecule has 2 rings (SSSR count). The number of carbonyl (C=O) groups is 2. The van der Waals surface area contributed by atoms with Gasteiger partial charge in [0, 0.05) is 30.3 Å². The number of nitro benzene ring substituents is 1. The quantitative estimate of drug-likeness (QED) is 0.279. The van der Waals surface area contributed by atoms with Gasteiger partial charge in [0.2, 0.25) is 5.75 Å². The van der Waals surface area contributed by atoms with E-state index in [1.54, 1.807) is 6.92 Å². The Morgan fingerprint density at radius 1 is 1.09 bits per heavy atom. The first-order valence-electron chi connectivity index (χ1n) is 9.54. The summed E-state index contributed by atoms with van der Waals surface area (Å²) in [4.78, 5) is 36.8. The van der Waals surface area contributed by atoms with Crippen LogP contribution in [0.2, 0.25) is 5.02 Å². The molecule has 0 atom stereocenters. The lowest BCUT2D eigenvalue weighted by molar-refractivity contribution is -0.385. The minimum absolute atomic E-state index is 0.0409. The van der Waals surface area contributed by atoms with Gasteiger partial charge in [0.25, 0.3) is 5.91 Å². The van der Waals surface area contributed by atoms with Crippen LogP contribution < -0.4 is 9.47 Å². The molecule has 1 amide bonds. The molecule has 0 aromatic heterocycles. The first kappa shape index (κ1) is 24.9. The van der Waals surface area contributed by atoms with Crippen molar-refractivity contribution in [3.05, 3.63) is 57.1 Å². The van der Waals surface area contributed by atoms with E-state index in [9.17, 15) is 19.7 Å². The van der Waals surface area contributed by atoms with Crippen molar-refractivity contribution in [3.8, 4) is 17.2 Å². The molecule has 0 spiro atoms. The Balaban J connectivity index is 2.31. The van der Waals surface area contributed by atoms with Crippen LogP contribution in [0, 0.1) is 10.1 Å².